The Hall–Kier alpha value is -1.65. The van der Waals surface area contributed by atoms with E-state index in [0.29, 0.717) is 0 Å². The molecule has 0 heterocycles. The van der Waals surface area contributed by atoms with Crippen molar-refractivity contribution < 1.29 is 13.6 Å². The second-order valence-corrected chi connectivity index (χ2v) is 6.50. The highest BCUT2D eigenvalue weighted by Crippen LogP contribution is 2.35. The van der Waals surface area contributed by atoms with E-state index in [1.165, 1.54) is 7.05 Å². The van der Waals surface area contributed by atoms with E-state index >= 15 is 0 Å². The Labute approximate surface area is 124 Å². The third-order valence-electron chi connectivity index (χ3n) is 4.09. The van der Waals surface area contributed by atoms with E-state index in [2.05, 4.69) is 24.5 Å². The summed E-state index contributed by atoms with van der Waals surface area (Å²) in [6, 6.07) is 2.20. The van der Waals surface area contributed by atoms with Gasteiger partial charge >= 0.3 is 0 Å². The molecule has 0 aromatic heterocycles. The van der Waals surface area contributed by atoms with Gasteiger partial charge in [-0.05, 0) is 36.8 Å². The Morgan fingerprint density at radius 2 is 1.90 bits per heavy atom. The highest BCUT2D eigenvalue weighted by Gasteiger charge is 2.29. The van der Waals surface area contributed by atoms with Gasteiger partial charge in [-0.1, -0.05) is 20.3 Å². The van der Waals surface area contributed by atoms with Crippen LogP contribution in [0, 0.1) is 17.0 Å². The van der Waals surface area contributed by atoms with Crippen molar-refractivity contribution in [3.8, 4) is 0 Å². The molecule has 1 aliphatic rings. The van der Waals surface area contributed by atoms with Crippen molar-refractivity contribution in [3.05, 3.63) is 29.3 Å². The monoisotopic (exact) mass is 296 g/mol. The first-order valence-electron chi connectivity index (χ1n) is 7.30. The molecule has 0 aliphatic heterocycles. The third kappa shape index (κ3) is 3.71. The molecule has 0 saturated heterocycles. The predicted molar refractivity (Wildman–Crippen MR) is 79.4 cm³/mol. The molecule has 1 atom stereocenters. The van der Waals surface area contributed by atoms with Crippen LogP contribution in [-0.2, 0) is 0 Å². The number of benzene rings is 1. The van der Waals surface area contributed by atoms with Gasteiger partial charge in [0.2, 0.25) is 0 Å². The fourth-order valence-corrected chi connectivity index (χ4v) is 3.03. The zero-order valence-corrected chi connectivity index (χ0v) is 12.7. The summed E-state index contributed by atoms with van der Waals surface area (Å²) in [5.41, 5.74) is 0.000561. The molecule has 5 heteroatoms. The van der Waals surface area contributed by atoms with Gasteiger partial charge in [-0.25, -0.2) is 8.78 Å². The van der Waals surface area contributed by atoms with E-state index in [4.69, 9.17) is 0 Å². The lowest BCUT2D eigenvalue weighted by molar-refractivity contribution is 0.0901. The van der Waals surface area contributed by atoms with Crippen LogP contribution in [0.25, 0.3) is 0 Å². The maximum absolute atomic E-state index is 13.7. The van der Waals surface area contributed by atoms with Crippen LogP contribution in [0.2, 0.25) is 0 Å². The topological polar surface area (TPSA) is 41.1 Å². The van der Waals surface area contributed by atoms with Crippen molar-refractivity contribution in [2.75, 3.05) is 12.4 Å². The molecule has 1 fully saturated rings. The smallest absolute Gasteiger partial charge is 0.251 e. The quantitative estimate of drug-likeness (QED) is 0.893. The molecular formula is C16H22F2N2O. The first-order chi connectivity index (χ1) is 9.82. The highest BCUT2D eigenvalue weighted by molar-refractivity contribution is 5.94. The molecule has 1 aromatic carbocycles. The summed E-state index contributed by atoms with van der Waals surface area (Å²) in [6.07, 6.45) is 3.99. The van der Waals surface area contributed by atoms with Crippen LogP contribution in [0.5, 0.6) is 0 Å². The van der Waals surface area contributed by atoms with Crippen LogP contribution in [-0.4, -0.2) is 19.0 Å². The Bertz CT molecular complexity index is 520. The van der Waals surface area contributed by atoms with Gasteiger partial charge in [0.05, 0.1) is 0 Å². The van der Waals surface area contributed by atoms with E-state index in [1.807, 2.05) is 0 Å². The van der Waals surface area contributed by atoms with Crippen LogP contribution in [0.15, 0.2) is 12.1 Å². The number of hydrogen-bond acceptors (Lipinski definition) is 2. The minimum absolute atomic E-state index is 0.0207. The van der Waals surface area contributed by atoms with Crippen LogP contribution >= 0.6 is 0 Å². The number of anilines is 1. The minimum Gasteiger partial charge on any atom is -0.383 e. The minimum atomic E-state index is -0.758. The Morgan fingerprint density at radius 3 is 2.43 bits per heavy atom. The van der Waals surface area contributed by atoms with Crippen LogP contribution < -0.4 is 10.6 Å². The fourth-order valence-electron chi connectivity index (χ4n) is 3.03. The Balaban J connectivity index is 2.10. The van der Waals surface area contributed by atoms with Crippen molar-refractivity contribution in [3.63, 3.8) is 0 Å². The van der Waals surface area contributed by atoms with Gasteiger partial charge in [0.15, 0.2) is 0 Å². The van der Waals surface area contributed by atoms with Crippen molar-refractivity contribution in [2.24, 2.45) is 5.41 Å². The maximum atomic E-state index is 13.7. The maximum Gasteiger partial charge on any atom is 0.251 e. The summed E-state index contributed by atoms with van der Waals surface area (Å²) in [7, 11) is 1.44. The van der Waals surface area contributed by atoms with Gasteiger partial charge in [0.25, 0.3) is 5.91 Å². The van der Waals surface area contributed by atoms with E-state index in [1.54, 1.807) is 0 Å². The molecule has 1 aromatic rings. The second kappa shape index (κ2) is 6.00. The third-order valence-corrected chi connectivity index (χ3v) is 4.09. The first-order valence-corrected chi connectivity index (χ1v) is 7.30. The normalized spacial score (nSPS) is 20.9. The molecule has 116 valence electrons. The molecule has 3 nitrogen and oxygen atoms in total. The molecule has 2 rings (SSSR count). The highest BCUT2D eigenvalue weighted by atomic mass is 19.1. The van der Waals surface area contributed by atoms with Gasteiger partial charge in [0, 0.05) is 18.7 Å². The lowest BCUT2D eigenvalue weighted by Crippen LogP contribution is -2.40. The molecule has 0 spiro atoms. The number of halogens is 2. The van der Waals surface area contributed by atoms with E-state index in [9.17, 15) is 13.6 Å². The summed E-state index contributed by atoms with van der Waals surface area (Å²) in [5, 5.41) is 5.33. The molecule has 1 saturated carbocycles. The zero-order chi connectivity index (χ0) is 15.6. The van der Waals surface area contributed by atoms with Crippen LogP contribution in [0.1, 0.15) is 49.9 Å². The number of carbonyl (C=O) groups is 1. The molecule has 1 unspecified atom stereocenters. The molecular weight excluding hydrogens is 274 g/mol. The van der Waals surface area contributed by atoms with Crippen LogP contribution in [0.3, 0.4) is 0 Å². The average Bonchev–Trinajstić information content (AvgIpc) is 2.37. The standard InChI is InChI=1S/C16H22F2N2O/c1-16(2)6-4-5-11(9-16)20-15(21)10-7-12(17)14(19-3)13(18)8-10/h7-8,11,19H,4-6,9H2,1-3H3,(H,20,21). The lowest BCUT2D eigenvalue weighted by Gasteiger charge is -2.35. The predicted octanol–water partition coefficient (Wildman–Crippen LogP) is 3.71. The summed E-state index contributed by atoms with van der Waals surface area (Å²) in [6.45, 7) is 4.35. The Morgan fingerprint density at radius 1 is 1.29 bits per heavy atom. The summed E-state index contributed by atoms with van der Waals surface area (Å²) in [5.74, 6) is -1.93. The number of hydrogen-bond donors (Lipinski definition) is 2. The summed E-state index contributed by atoms with van der Waals surface area (Å²) < 4.78 is 27.4. The van der Waals surface area contributed by atoms with Crippen molar-refractivity contribution in [2.45, 2.75) is 45.6 Å². The van der Waals surface area contributed by atoms with Crippen molar-refractivity contribution in [1.29, 1.82) is 0 Å². The molecule has 0 radical (unpaired) electrons. The summed E-state index contributed by atoms with van der Waals surface area (Å²) >= 11 is 0. The van der Waals surface area contributed by atoms with Gasteiger partial charge in [0.1, 0.15) is 17.3 Å². The van der Waals surface area contributed by atoms with Gasteiger partial charge < -0.3 is 10.6 Å². The zero-order valence-electron chi connectivity index (χ0n) is 12.7. The number of carbonyl (C=O) groups excluding carboxylic acids is 1. The van der Waals surface area contributed by atoms with Crippen molar-refractivity contribution in [1.82, 2.24) is 5.32 Å². The van der Waals surface area contributed by atoms with Crippen LogP contribution in [0.4, 0.5) is 14.5 Å². The lowest BCUT2D eigenvalue weighted by atomic mass is 9.75. The molecule has 0 bridgehead atoms. The molecule has 1 amide bonds. The second-order valence-electron chi connectivity index (χ2n) is 6.50. The number of amides is 1. The van der Waals surface area contributed by atoms with Gasteiger partial charge in [-0.2, -0.15) is 0 Å². The molecule has 2 N–H and O–H groups in total. The van der Waals surface area contributed by atoms with Crippen molar-refractivity contribution >= 4 is 11.6 Å². The Kier molecular flexibility index (Phi) is 4.49. The van der Waals surface area contributed by atoms with E-state index < -0.39 is 17.5 Å². The SMILES string of the molecule is CNc1c(F)cc(C(=O)NC2CCCC(C)(C)C2)cc1F. The molecule has 21 heavy (non-hydrogen) atoms. The largest absolute Gasteiger partial charge is 0.383 e. The van der Waals surface area contributed by atoms with E-state index in [-0.39, 0.29) is 22.7 Å². The fraction of sp³-hybridized carbons (Fsp3) is 0.562. The number of nitrogens with one attached hydrogen (secondary N) is 2. The first kappa shape index (κ1) is 15.7. The summed E-state index contributed by atoms with van der Waals surface area (Å²) in [4.78, 5) is 12.2. The average molecular weight is 296 g/mol. The number of rotatable bonds is 3. The molecule has 1 aliphatic carbocycles. The van der Waals surface area contributed by atoms with Gasteiger partial charge in [-0.15, -0.1) is 0 Å². The van der Waals surface area contributed by atoms with Gasteiger partial charge in [-0.3, -0.25) is 4.79 Å². The van der Waals surface area contributed by atoms with E-state index in [0.717, 1.165) is 37.8 Å².